The summed E-state index contributed by atoms with van der Waals surface area (Å²) in [5.41, 5.74) is 2.11. The number of sulfone groups is 1. The Bertz CT molecular complexity index is 926. The van der Waals surface area contributed by atoms with Gasteiger partial charge in [-0.1, -0.05) is 0 Å². The molecule has 0 spiro atoms. The van der Waals surface area contributed by atoms with Crippen LogP contribution >= 0.6 is 0 Å². The minimum absolute atomic E-state index is 0.0759. The molecule has 0 bridgehead atoms. The van der Waals surface area contributed by atoms with Crippen LogP contribution in [0.15, 0.2) is 63.7 Å². The third-order valence-electron chi connectivity index (χ3n) is 4.08. The highest BCUT2D eigenvalue weighted by atomic mass is 32.2. The van der Waals surface area contributed by atoms with Gasteiger partial charge in [-0.2, -0.15) is 10.2 Å². The Labute approximate surface area is 170 Å². The van der Waals surface area contributed by atoms with Crippen LogP contribution in [0.2, 0.25) is 0 Å². The van der Waals surface area contributed by atoms with Crippen molar-refractivity contribution >= 4 is 32.9 Å². The maximum atomic E-state index is 12.3. The molecule has 29 heavy (non-hydrogen) atoms. The van der Waals surface area contributed by atoms with Crippen LogP contribution in [0.25, 0.3) is 0 Å². The van der Waals surface area contributed by atoms with E-state index < -0.39 is 15.8 Å². The molecule has 9 heteroatoms. The highest BCUT2D eigenvalue weighted by molar-refractivity contribution is 7.91. The van der Waals surface area contributed by atoms with Crippen molar-refractivity contribution in [3.8, 4) is 0 Å². The number of likely N-dealkylation sites (N-methyl/N-ethyl adjacent to an activating group) is 1. The van der Waals surface area contributed by atoms with Gasteiger partial charge in [-0.3, -0.25) is 4.79 Å². The molecule has 0 aliphatic rings. The minimum Gasteiger partial charge on any atom is -0.466 e. The summed E-state index contributed by atoms with van der Waals surface area (Å²) in [6.45, 7) is 2.51. The Hall–Kier alpha value is -2.78. The zero-order chi connectivity index (χ0) is 21.3. The number of aliphatic hydroxyl groups is 1. The SMILES string of the molecule is CCOC(=O)CCS(=O)(=O)c1ccc(/N=N/c2ccc(N(C)CCO)cc2)cc1. The lowest BCUT2D eigenvalue weighted by molar-refractivity contribution is -0.142. The van der Waals surface area contributed by atoms with Gasteiger partial charge >= 0.3 is 5.97 Å². The quantitative estimate of drug-likeness (QED) is 0.468. The van der Waals surface area contributed by atoms with Crippen LogP contribution in [0.5, 0.6) is 0 Å². The van der Waals surface area contributed by atoms with Crippen molar-refractivity contribution in [3.63, 3.8) is 0 Å². The summed E-state index contributed by atoms with van der Waals surface area (Å²) < 4.78 is 29.3. The molecule has 8 nitrogen and oxygen atoms in total. The first kappa shape index (κ1) is 22.5. The topological polar surface area (TPSA) is 109 Å². The number of carbonyl (C=O) groups is 1. The molecule has 0 fully saturated rings. The largest absolute Gasteiger partial charge is 0.466 e. The maximum Gasteiger partial charge on any atom is 0.306 e. The van der Waals surface area contributed by atoms with Crippen molar-refractivity contribution < 1.29 is 23.1 Å². The number of hydrogen-bond donors (Lipinski definition) is 1. The summed E-state index contributed by atoms with van der Waals surface area (Å²) in [6, 6.07) is 13.4. The van der Waals surface area contributed by atoms with E-state index in [2.05, 4.69) is 10.2 Å². The van der Waals surface area contributed by atoms with Gasteiger partial charge in [0.25, 0.3) is 0 Å². The molecule has 2 aromatic rings. The van der Waals surface area contributed by atoms with Crippen LogP contribution in [0, 0.1) is 0 Å². The summed E-state index contributed by atoms with van der Waals surface area (Å²) in [5.74, 6) is -0.834. The summed E-state index contributed by atoms with van der Waals surface area (Å²) in [4.78, 5) is 13.4. The summed E-state index contributed by atoms with van der Waals surface area (Å²) in [6.07, 6.45) is -0.179. The van der Waals surface area contributed by atoms with Crippen molar-refractivity contribution in [2.45, 2.75) is 18.2 Å². The van der Waals surface area contributed by atoms with E-state index in [1.54, 1.807) is 31.2 Å². The lowest BCUT2D eigenvalue weighted by Gasteiger charge is -2.17. The number of rotatable bonds is 10. The second kappa shape index (κ2) is 10.7. The van der Waals surface area contributed by atoms with E-state index >= 15 is 0 Å². The van der Waals surface area contributed by atoms with Gasteiger partial charge in [-0.15, -0.1) is 0 Å². The lowest BCUT2D eigenvalue weighted by Crippen LogP contribution is -2.20. The smallest absolute Gasteiger partial charge is 0.306 e. The van der Waals surface area contributed by atoms with Gasteiger partial charge in [0.05, 0.1) is 41.7 Å². The Kier molecular flexibility index (Phi) is 8.29. The number of aliphatic hydroxyl groups excluding tert-OH is 1. The standard InChI is InChI=1S/C20H25N3O5S/c1-3-28-20(25)12-15-29(26,27)19-10-6-17(7-11-19)22-21-16-4-8-18(9-5-16)23(2)13-14-24/h4-11,24H,3,12-15H2,1-2H3/b22-21+. The van der Waals surface area contributed by atoms with Gasteiger partial charge in [0.1, 0.15) is 0 Å². The number of carbonyl (C=O) groups excluding carboxylic acids is 1. The van der Waals surface area contributed by atoms with Gasteiger partial charge in [0.2, 0.25) is 0 Å². The second-order valence-electron chi connectivity index (χ2n) is 6.23. The predicted octanol–water partition coefficient (Wildman–Crippen LogP) is 3.26. The molecule has 1 N–H and O–H groups in total. The van der Waals surface area contributed by atoms with E-state index in [0.717, 1.165) is 5.69 Å². The number of esters is 1. The van der Waals surface area contributed by atoms with Crippen molar-refractivity contribution in [1.82, 2.24) is 0 Å². The van der Waals surface area contributed by atoms with Crippen LogP contribution in [-0.4, -0.2) is 52.1 Å². The molecule has 0 aliphatic heterocycles. The second-order valence-corrected chi connectivity index (χ2v) is 8.34. The fraction of sp³-hybridized carbons (Fsp3) is 0.350. The molecule has 0 unspecified atom stereocenters. The monoisotopic (exact) mass is 419 g/mol. The molecule has 0 aromatic heterocycles. The van der Waals surface area contributed by atoms with Gasteiger partial charge < -0.3 is 14.7 Å². The molecule has 0 heterocycles. The fourth-order valence-electron chi connectivity index (χ4n) is 2.46. The van der Waals surface area contributed by atoms with Crippen LogP contribution in [0.4, 0.5) is 17.1 Å². The van der Waals surface area contributed by atoms with E-state index in [-0.39, 0.29) is 30.3 Å². The van der Waals surface area contributed by atoms with Crippen molar-refractivity contribution in [2.24, 2.45) is 10.2 Å². The van der Waals surface area contributed by atoms with Gasteiger partial charge in [0.15, 0.2) is 9.84 Å². The molecule has 2 aromatic carbocycles. The number of anilines is 1. The molecule has 156 valence electrons. The van der Waals surface area contributed by atoms with Crippen LogP contribution in [0.1, 0.15) is 13.3 Å². The average molecular weight is 420 g/mol. The Morgan fingerprint density at radius 3 is 2.10 bits per heavy atom. The zero-order valence-electron chi connectivity index (χ0n) is 16.5. The minimum atomic E-state index is -3.57. The molecule has 2 rings (SSSR count). The fourth-order valence-corrected chi connectivity index (χ4v) is 3.68. The van der Waals surface area contributed by atoms with Crippen molar-refractivity contribution in [2.75, 3.05) is 37.5 Å². The third kappa shape index (κ3) is 6.95. The Balaban J connectivity index is 2.00. The molecule has 0 saturated carbocycles. The van der Waals surface area contributed by atoms with Gasteiger partial charge in [0, 0.05) is 19.3 Å². The predicted molar refractivity (Wildman–Crippen MR) is 111 cm³/mol. The average Bonchev–Trinajstić information content (AvgIpc) is 2.72. The molecule has 0 amide bonds. The number of benzene rings is 2. The van der Waals surface area contributed by atoms with Crippen LogP contribution in [0.3, 0.4) is 0 Å². The molecule has 0 atom stereocenters. The number of nitrogens with zero attached hydrogens (tertiary/aromatic N) is 3. The molecular formula is C20H25N3O5S. The van der Waals surface area contributed by atoms with E-state index in [9.17, 15) is 13.2 Å². The van der Waals surface area contributed by atoms with Crippen LogP contribution in [-0.2, 0) is 19.4 Å². The zero-order valence-corrected chi connectivity index (χ0v) is 17.3. The Morgan fingerprint density at radius 1 is 1.03 bits per heavy atom. The first-order valence-corrected chi connectivity index (χ1v) is 10.8. The molecule has 0 saturated heterocycles. The maximum absolute atomic E-state index is 12.3. The van der Waals surface area contributed by atoms with Gasteiger partial charge in [-0.25, -0.2) is 8.42 Å². The summed E-state index contributed by atoms with van der Waals surface area (Å²) in [7, 11) is -1.69. The van der Waals surface area contributed by atoms with E-state index in [1.807, 2.05) is 24.1 Å². The number of azo groups is 1. The highest BCUT2D eigenvalue weighted by Gasteiger charge is 2.17. The first-order valence-electron chi connectivity index (χ1n) is 9.18. The highest BCUT2D eigenvalue weighted by Crippen LogP contribution is 2.23. The van der Waals surface area contributed by atoms with E-state index in [0.29, 0.717) is 17.9 Å². The van der Waals surface area contributed by atoms with Crippen molar-refractivity contribution in [3.05, 3.63) is 48.5 Å². The normalized spacial score (nSPS) is 11.6. The summed E-state index contributed by atoms with van der Waals surface area (Å²) >= 11 is 0. The lowest BCUT2D eigenvalue weighted by atomic mass is 10.2. The first-order chi connectivity index (χ1) is 13.9. The number of ether oxygens (including phenoxy) is 1. The van der Waals surface area contributed by atoms with E-state index in [1.165, 1.54) is 12.1 Å². The van der Waals surface area contributed by atoms with E-state index in [4.69, 9.17) is 9.84 Å². The van der Waals surface area contributed by atoms with Crippen LogP contribution < -0.4 is 4.90 Å². The molecule has 0 radical (unpaired) electrons. The third-order valence-corrected chi connectivity index (χ3v) is 5.81. The van der Waals surface area contributed by atoms with Gasteiger partial charge in [-0.05, 0) is 55.5 Å². The number of hydrogen-bond acceptors (Lipinski definition) is 8. The summed E-state index contributed by atoms with van der Waals surface area (Å²) in [5, 5.41) is 17.2. The Morgan fingerprint density at radius 2 is 1.59 bits per heavy atom. The molecule has 0 aliphatic carbocycles. The molecular weight excluding hydrogens is 394 g/mol. The van der Waals surface area contributed by atoms with Crippen molar-refractivity contribution in [1.29, 1.82) is 0 Å².